The van der Waals surface area contributed by atoms with E-state index < -0.39 is 0 Å². The third-order valence-corrected chi connectivity index (χ3v) is 4.09. The minimum atomic E-state index is -0.376. The second kappa shape index (κ2) is 6.57. The molecular formula is C20H16N4O. The molecule has 0 bridgehead atoms. The molecule has 4 aromatic rings. The van der Waals surface area contributed by atoms with Gasteiger partial charge in [-0.05, 0) is 23.3 Å². The molecule has 5 heteroatoms. The molecule has 2 aromatic heterocycles. The van der Waals surface area contributed by atoms with E-state index in [1.54, 1.807) is 16.9 Å². The average Bonchev–Trinajstić information content (AvgIpc) is 3.11. The van der Waals surface area contributed by atoms with Crippen LogP contribution in [0.15, 0.2) is 85.3 Å². The van der Waals surface area contributed by atoms with E-state index in [0.717, 1.165) is 16.8 Å². The second-order valence-electron chi connectivity index (χ2n) is 5.76. The van der Waals surface area contributed by atoms with Crippen LogP contribution in [0.2, 0.25) is 0 Å². The van der Waals surface area contributed by atoms with Crippen molar-refractivity contribution in [3.8, 4) is 0 Å². The van der Waals surface area contributed by atoms with Crippen LogP contribution in [0.25, 0.3) is 5.65 Å². The Balaban J connectivity index is 1.68. The van der Waals surface area contributed by atoms with Gasteiger partial charge in [0.15, 0.2) is 5.65 Å². The fourth-order valence-corrected chi connectivity index (χ4v) is 2.90. The Morgan fingerprint density at radius 2 is 1.52 bits per heavy atom. The number of nitrogens with one attached hydrogen (secondary N) is 1. The minimum absolute atomic E-state index is 0.0789. The molecule has 0 aliphatic heterocycles. The van der Waals surface area contributed by atoms with E-state index in [-0.39, 0.29) is 11.8 Å². The maximum Gasteiger partial charge on any atom is 0.236 e. The number of aromatic nitrogens is 3. The summed E-state index contributed by atoms with van der Waals surface area (Å²) in [6.07, 6.45) is 3.41. The molecule has 0 atom stereocenters. The van der Waals surface area contributed by atoms with Crippen molar-refractivity contribution in [2.45, 2.75) is 5.92 Å². The van der Waals surface area contributed by atoms with Crippen molar-refractivity contribution in [3.05, 3.63) is 96.4 Å². The Bertz CT molecular complexity index is 956. The molecule has 4 rings (SSSR count). The predicted molar refractivity (Wildman–Crippen MR) is 96.3 cm³/mol. The first-order chi connectivity index (χ1) is 12.3. The van der Waals surface area contributed by atoms with Gasteiger partial charge in [0, 0.05) is 6.20 Å². The van der Waals surface area contributed by atoms with Crippen LogP contribution in [0.3, 0.4) is 0 Å². The maximum absolute atomic E-state index is 13.0. The fourth-order valence-electron chi connectivity index (χ4n) is 2.90. The number of fused-ring (bicyclic) bond motifs is 1. The summed E-state index contributed by atoms with van der Waals surface area (Å²) in [5.74, 6) is -0.455. The summed E-state index contributed by atoms with van der Waals surface area (Å²) in [6, 6.07) is 23.2. The fraction of sp³-hybridized carbons (Fsp3) is 0.0500. The number of hydrogen-bond acceptors (Lipinski definition) is 3. The van der Waals surface area contributed by atoms with Gasteiger partial charge in [-0.1, -0.05) is 60.7 Å². The van der Waals surface area contributed by atoms with Crippen molar-refractivity contribution in [1.29, 1.82) is 0 Å². The van der Waals surface area contributed by atoms with Gasteiger partial charge in [-0.25, -0.2) is 0 Å². The highest BCUT2D eigenvalue weighted by molar-refractivity contribution is 5.98. The number of nitrogens with zero attached hydrogens (tertiary/aromatic N) is 3. The number of carbonyl (C=O) groups excluding carboxylic acids is 1. The molecule has 0 aliphatic rings. The van der Waals surface area contributed by atoms with Crippen LogP contribution in [-0.4, -0.2) is 20.5 Å². The van der Waals surface area contributed by atoms with Gasteiger partial charge in [0.25, 0.3) is 0 Å². The molecule has 122 valence electrons. The third-order valence-electron chi connectivity index (χ3n) is 4.09. The summed E-state index contributed by atoms with van der Waals surface area (Å²) < 4.78 is 1.77. The molecule has 0 radical (unpaired) electrons. The molecule has 0 saturated heterocycles. The first kappa shape index (κ1) is 15.1. The highest BCUT2D eigenvalue weighted by atomic mass is 16.1. The van der Waals surface area contributed by atoms with Gasteiger partial charge in [-0.2, -0.15) is 0 Å². The van der Waals surface area contributed by atoms with Gasteiger partial charge < -0.3 is 5.32 Å². The van der Waals surface area contributed by atoms with E-state index in [1.807, 2.05) is 72.8 Å². The lowest BCUT2D eigenvalue weighted by Gasteiger charge is -2.18. The Hall–Kier alpha value is -3.47. The van der Waals surface area contributed by atoms with E-state index in [0.29, 0.717) is 5.69 Å². The summed E-state index contributed by atoms with van der Waals surface area (Å²) in [4.78, 5) is 13.0. The van der Waals surface area contributed by atoms with Crippen molar-refractivity contribution in [1.82, 2.24) is 14.6 Å². The summed E-state index contributed by atoms with van der Waals surface area (Å²) in [6.45, 7) is 0. The van der Waals surface area contributed by atoms with Crippen LogP contribution in [0, 0.1) is 0 Å². The second-order valence-corrected chi connectivity index (χ2v) is 5.76. The highest BCUT2D eigenvalue weighted by Crippen LogP contribution is 2.26. The molecule has 2 aromatic carbocycles. The van der Waals surface area contributed by atoms with Gasteiger partial charge in [-0.3, -0.25) is 9.20 Å². The van der Waals surface area contributed by atoms with Gasteiger partial charge in [0.2, 0.25) is 5.91 Å². The van der Waals surface area contributed by atoms with Crippen LogP contribution in [0.5, 0.6) is 0 Å². The van der Waals surface area contributed by atoms with Crippen LogP contribution in [0.4, 0.5) is 5.69 Å². The van der Waals surface area contributed by atoms with Crippen LogP contribution in [-0.2, 0) is 4.79 Å². The largest absolute Gasteiger partial charge is 0.324 e. The number of amides is 1. The molecule has 25 heavy (non-hydrogen) atoms. The van der Waals surface area contributed by atoms with Gasteiger partial charge in [-0.15, -0.1) is 10.2 Å². The Kier molecular flexibility index (Phi) is 3.96. The summed E-state index contributed by atoms with van der Waals surface area (Å²) >= 11 is 0. The molecule has 0 spiro atoms. The average molecular weight is 328 g/mol. The topological polar surface area (TPSA) is 59.3 Å². The summed E-state index contributed by atoms with van der Waals surface area (Å²) in [5.41, 5.74) is 3.35. The van der Waals surface area contributed by atoms with Crippen LogP contribution in [0.1, 0.15) is 17.0 Å². The SMILES string of the molecule is O=C(Nc1ccc2nncn2c1)C(c1ccccc1)c1ccccc1. The zero-order valence-electron chi connectivity index (χ0n) is 13.4. The Morgan fingerprint density at radius 1 is 0.880 bits per heavy atom. The number of pyridine rings is 1. The van der Waals surface area contributed by atoms with E-state index in [1.165, 1.54) is 0 Å². The summed E-state index contributed by atoms with van der Waals surface area (Å²) in [7, 11) is 0. The van der Waals surface area contributed by atoms with E-state index in [9.17, 15) is 4.79 Å². The Morgan fingerprint density at radius 3 is 2.16 bits per heavy atom. The minimum Gasteiger partial charge on any atom is -0.324 e. The highest BCUT2D eigenvalue weighted by Gasteiger charge is 2.22. The third kappa shape index (κ3) is 3.12. The number of rotatable bonds is 4. The molecule has 0 unspecified atom stereocenters. The molecular weight excluding hydrogens is 312 g/mol. The molecule has 5 nitrogen and oxygen atoms in total. The monoisotopic (exact) mass is 328 g/mol. The van der Waals surface area contributed by atoms with Crippen molar-refractivity contribution in [3.63, 3.8) is 0 Å². The number of benzene rings is 2. The molecule has 0 fully saturated rings. The predicted octanol–water partition coefficient (Wildman–Crippen LogP) is 3.50. The lowest BCUT2D eigenvalue weighted by Crippen LogP contribution is -2.22. The lowest BCUT2D eigenvalue weighted by atomic mass is 9.90. The van der Waals surface area contributed by atoms with Gasteiger partial charge in [0.05, 0.1) is 11.6 Å². The van der Waals surface area contributed by atoms with E-state index in [2.05, 4.69) is 15.5 Å². The van der Waals surface area contributed by atoms with Gasteiger partial charge >= 0.3 is 0 Å². The molecule has 0 aliphatic carbocycles. The smallest absolute Gasteiger partial charge is 0.236 e. The molecule has 1 N–H and O–H groups in total. The quantitative estimate of drug-likeness (QED) is 0.624. The first-order valence-corrected chi connectivity index (χ1v) is 8.01. The van der Waals surface area contributed by atoms with Crippen molar-refractivity contribution in [2.24, 2.45) is 0 Å². The van der Waals surface area contributed by atoms with E-state index in [4.69, 9.17) is 0 Å². The standard InChI is InChI=1S/C20H16N4O/c25-20(22-17-11-12-18-23-21-14-24(18)13-17)19(15-7-3-1-4-8-15)16-9-5-2-6-10-16/h1-14,19H,(H,22,25). The maximum atomic E-state index is 13.0. The number of carbonyl (C=O) groups is 1. The van der Waals surface area contributed by atoms with Crippen molar-refractivity contribution < 1.29 is 4.79 Å². The van der Waals surface area contributed by atoms with Crippen molar-refractivity contribution >= 4 is 17.2 Å². The Labute approximate surface area is 145 Å². The zero-order valence-corrected chi connectivity index (χ0v) is 13.4. The summed E-state index contributed by atoms with van der Waals surface area (Å²) in [5, 5.41) is 10.8. The van der Waals surface area contributed by atoms with Crippen LogP contribution < -0.4 is 5.32 Å². The zero-order chi connectivity index (χ0) is 17.1. The van der Waals surface area contributed by atoms with Gasteiger partial charge in [0.1, 0.15) is 6.33 Å². The van der Waals surface area contributed by atoms with Crippen molar-refractivity contribution in [2.75, 3.05) is 5.32 Å². The van der Waals surface area contributed by atoms with Crippen LogP contribution >= 0.6 is 0 Å². The lowest BCUT2D eigenvalue weighted by molar-refractivity contribution is -0.116. The molecule has 1 amide bonds. The molecule has 2 heterocycles. The normalized spacial score (nSPS) is 10.9. The van der Waals surface area contributed by atoms with E-state index >= 15 is 0 Å². The molecule has 0 saturated carbocycles. The number of hydrogen-bond donors (Lipinski definition) is 1. The number of anilines is 1. The first-order valence-electron chi connectivity index (χ1n) is 8.01.